The second-order valence-corrected chi connectivity index (χ2v) is 3.55. The normalized spacial score (nSPS) is 10.7. The number of carbonyl (C=O) groups is 1. The van der Waals surface area contributed by atoms with E-state index >= 15 is 0 Å². The number of halogens is 3. The number of nitrogens with zero attached hydrogens (tertiary/aromatic N) is 1. The summed E-state index contributed by atoms with van der Waals surface area (Å²) >= 11 is 0. The van der Waals surface area contributed by atoms with Gasteiger partial charge in [0.2, 0.25) is 0 Å². The fourth-order valence-corrected chi connectivity index (χ4v) is 1.44. The number of esters is 1. The molecule has 0 saturated carbocycles. The Labute approximate surface area is 107 Å². The van der Waals surface area contributed by atoms with Crippen LogP contribution < -0.4 is 4.74 Å². The SMILES string of the molecule is CCOC(=O)c1cc(C)c(C#N)c(OC(F)(F)F)c1. The monoisotopic (exact) mass is 273 g/mol. The molecule has 0 aromatic heterocycles. The van der Waals surface area contributed by atoms with Crippen molar-refractivity contribution in [3.05, 3.63) is 28.8 Å². The minimum absolute atomic E-state index is 0.0906. The van der Waals surface area contributed by atoms with Crippen molar-refractivity contribution in [2.45, 2.75) is 20.2 Å². The summed E-state index contributed by atoms with van der Waals surface area (Å²) in [6.45, 7) is 3.07. The van der Waals surface area contributed by atoms with Crippen LogP contribution in [-0.4, -0.2) is 18.9 Å². The Kier molecular flexibility index (Phi) is 4.38. The van der Waals surface area contributed by atoms with Crippen LogP contribution in [0.1, 0.15) is 28.4 Å². The van der Waals surface area contributed by atoms with Crippen molar-refractivity contribution in [1.82, 2.24) is 0 Å². The first-order valence-corrected chi connectivity index (χ1v) is 5.26. The lowest BCUT2D eigenvalue weighted by Crippen LogP contribution is -2.18. The number of alkyl halides is 3. The highest BCUT2D eigenvalue weighted by molar-refractivity contribution is 5.90. The molecule has 0 aliphatic rings. The number of benzene rings is 1. The molecule has 0 bridgehead atoms. The van der Waals surface area contributed by atoms with Gasteiger partial charge in [0.25, 0.3) is 0 Å². The first-order chi connectivity index (χ1) is 8.78. The van der Waals surface area contributed by atoms with E-state index in [-0.39, 0.29) is 23.3 Å². The molecule has 0 aliphatic heterocycles. The zero-order valence-corrected chi connectivity index (χ0v) is 10.2. The van der Waals surface area contributed by atoms with Crippen LogP contribution in [0.4, 0.5) is 13.2 Å². The summed E-state index contributed by atoms with van der Waals surface area (Å²) in [7, 11) is 0. The molecule has 1 rings (SSSR count). The molecule has 1 aromatic carbocycles. The van der Waals surface area contributed by atoms with Gasteiger partial charge in [-0.3, -0.25) is 0 Å². The molecule has 7 heteroatoms. The standard InChI is InChI=1S/C12H10F3NO3/c1-3-18-11(17)8-4-7(2)9(6-16)10(5-8)19-12(13,14)15/h4-5H,3H2,1-2H3. The molecule has 0 N–H and O–H groups in total. The van der Waals surface area contributed by atoms with Crippen molar-refractivity contribution in [3.63, 3.8) is 0 Å². The maximum Gasteiger partial charge on any atom is 0.573 e. The van der Waals surface area contributed by atoms with Crippen molar-refractivity contribution in [1.29, 1.82) is 5.26 Å². The van der Waals surface area contributed by atoms with Gasteiger partial charge in [-0.25, -0.2) is 4.79 Å². The summed E-state index contributed by atoms with van der Waals surface area (Å²) in [6.07, 6.45) is -4.94. The van der Waals surface area contributed by atoms with Crippen LogP contribution in [0.25, 0.3) is 0 Å². The molecular formula is C12H10F3NO3. The van der Waals surface area contributed by atoms with Crippen LogP contribution in [0.2, 0.25) is 0 Å². The van der Waals surface area contributed by atoms with Crippen molar-refractivity contribution in [2.75, 3.05) is 6.61 Å². The van der Waals surface area contributed by atoms with Gasteiger partial charge >= 0.3 is 12.3 Å². The lowest BCUT2D eigenvalue weighted by atomic mass is 10.0. The Morgan fingerprint density at radius 3 is 2.53 bits per heavy atom. The van der Waals surface area contributed by atoms with Crippen LogP contribution in [0, 0.1) is 18.3 Å². The average molecular weight is 273 g/mol. The molecule has 0 heterocycles. The van der Waals surface area contributed by atoms with Crippen molar-refractivity contribution in [3.8, 4) is 11.8 Å². The van der Waals surface area contributed by atoms with Gasteiger partial charge in [-0.15, -0.1) is 13.2 Å². The number of ether oxygens (including phenoxy) is 2. The summed E-state index contributed by atoms with van der Waals surface area (Å²) < 4.78 is 45.1. The molecule has 0 atom stereocenters. The molecule has 0 spiro atoms. The second kappa shape index (κ2) is 5.61. The highest BCUT2D eigenvalue weighted by atomic mass is 19.4. The third-order valence-corrected chi connectivity index (χ3v) is 2.15. The largest absolute Gasteiger partial charge is 0.573 e. The molecule has 0 radical (unpaired) electrons. The first-order valence-electron chi connectivity index (χ1n) is 5.26. The minimum Gasteiger partial charge on any atom is -0.462 e. The fraction of sp³-hybridized carbons (Fsp3) is 0.333. The van der Waals surface area contributed by atoms with Crippen LogP contribution >= 0.6 is 0 Å². The Morgan fingerprint density at radius 2 is 2.05 bits per heavy atom. The van der Waals surface area contributed by atoms with E-state index in [1.165, 1.54) is 13.0 Å². The van der Waals surface area contributed by atoms with Crippen molar-refractivity contribution < 1.29 is 27.4 Å². The van der Waals surface area contributed by atoms with Crippen LogP contribution in [-0.2, 0) is 4.74 Å². The van der Waals surface area contributed by atoms with Crippen LogP contribution in [0.3, 0.4) is 0 Å². The van der Waals surface area contributed by atoms with E-state index in [1.807, 2.05) is 0 Å². The molecular weight excluding hydrogens is 263 g/mol. The van der Waals surface area contributed by atoms with Gasteiger partial charge in [-0.05, 0) is 31.5 Å². The topological polar surface area (TPSA) is 59.3 Å². The predicted molar refractivity (Wildman–Crippen MR) is 58.5 cm³/mol. The van der Waals surface area contributed by atoms with E-state index in [4.69, 9.17) is 5.26 Å². The van der Waals surface area contributed by atoms with Gasteiger partial charge in [0, 0.05) is 0 Å². The van der Waals surface area contributed by atoms with Gasteiger partial charge in [0.05, 0.1) is 17.7 Å². The van der Waals surface area contributed by atoms with Crippen molar-refractivity contribution >= 4 is 5.97 Å². The third-order valence-electron chi connectivity index (χ3n) is 2.15. The quantitative estimate of drug-likeness (QED) is 0.794. The third kappa shape index (κ3) is 3.88. The van der Waals surface area contributed by atoms with Crippen molar-refractivity contribution in [2.24, 2.45) is 0 Å². The van der Waals surface area contributed by atoms with Gasteiger partial charge in [-0.1, -0.05) is 0 Å². The second-order valence-electron chi connectivity index (χ2n) is 3.55. The highest BCUT2D eigenvalue weighted by Gasteiger charge is 2.33. The molecule has 4 nitrogen and oxygen atoms in total. The van der Waals surface area contributed by atoms with E-state index < -0.39 is 18.1 Å². The highest BCUT2D eigenvalue weighted by Crippen LogP contribution is 2.29. The van der Waals surface area contributed by atoms with Gasteiger partial charge < -0.3 is 9.47 Å². The number of aryl methyl sites for hydroxylation is 1. The lowest BCUT2D eigenvalue weighted by molar-refractivity contribution is -0.274. The lowest BCUT2D eigenvalue weighted by Gasteiger charge is -2.13. The number of hydrogen-bond donors (Lipinski definition) is 0. The maximum absolute atomic E-state index is 12.2. The molecule has 0 amide bonds. The number of carbonyl (C=O) groups excluding carboxylic acids is 1. The van der Waals surface area contributed by atoms with Gasteiger partial charge in [-0.2, -0.15) is 5.26 Å². The molecule has 0 unspecified atom stereocenters. The Bertz CT molecular complexity index is 532. The van der Waals surface area contributed by atoms with E-state index in [1.54, 1.807) is 13.0 Å². The number of hydrogen-bond acceptors (Lipinski definition) is 4. The van der Waals surface area contributed by atoms with Gasteiger partial charge in [0.15, 0.2) is 0 Å². The van der Waals surface area contributed by atoms with Crippen LogP contribution in [0.5, 0.6) is 5.75 Å². The first kappa shape index (κ1) is 14.8. The van der Waals surface area contributed by atoms with E-state index in [0.717, 1.165) is 6.07 Å². The Hall–Kier alpha value is -2.23. The summed E-state index contributed by atoms with van der Waals surface area (Å²) in [5.74, 6) is -1.49. The number of nitriles is 1. The smallest absolute Gasteiger partial charge is 0.462 e. The van der Waals surface area contributed by atoms with E-state index in [2.05, 4.69) is 9.47 Å². The van der Waals surface area contributed by atoms with E-state index in [0.29, 0.717) is 0 Å². The van der Waals surface area contributed by atoms with E-state index in [9.17, 15) is 18.0 Å². The summed E-state index contributed by atoms with van der Waals surface area (Å²) in [6, 6.07) is 3.73. The molecule has 0 saturated heterocycles. The minimum atomic E-state index is -4.94. The maximum atomic E-state index is 12.2. The van der Waals surface area contributed by atoms with Gasteiger partial charge in [0.1, 0.15) is 11.8 Å². The molecule has 0 fully saturated rings. The average Bonchev–Trinajstić information content (AvgIpc) is 2.26. The van der Waals surface area contributed by atoms with Crippen LogP contribution in [0.15, 0.2) is 12.1 Å². The Morgan fingerprint density at radius 1 is 1.42 bits per heavy atom. The molecule has 1 aromatic rings. The predicted octanol–water partition coefficient (Wildman–Crippen LogP) is 2.94. The number of rotatable bonds is 3. The zero-order valence-electron chi connectivity index (χ0n) is 10.2. The molecule has 19 heavy (non-hydrogen) atoms. The Balaban J connectivity index is 3.27. The molecule has 0 aliphatic carbocycles. The molecule has 102 valence electrons. The summed E-state index contributed by atoms with van der Waals surface area (Å²) in [4.78, 5) is 11.5. The fourth-order valence-electron chi connectivity index (χ4n) is 1.44. The zero-order chi connectivity index (χ0) is 14.6. The summed E-state index contributed by atoms with van der Waals surface area (Å²) in [5.41, 5.74) is -0.171. The summed E-state index contributed by atoms with van der Waals surface area (Å²) in [5, 5.41) is 8.82.